The van der Waals surface area contributed by atoms with Crippen LogP contribution in [0, 0.1) is 0 Å². The van der Waals surface area contributed by atoms with Gasteiger partial charge in [-0.15, -0.1) is 0 Å². The summed E-state index contributed by atoms with van der Waals surface area (Å²) in [7, 11) is 0. The molecule has 2 unspecified atom stereocenters. The number of carbonyl (C=O) groups is 1. The summed E-state index contributed by atoms with van der Waals surface area (Å²) in [4.78, 5) is 14.4. The molecule has 1 fully saturated rings. The van der Waals surface area contributed by atoms with Gasteiger partial charge in [0.15, 0.2) is 0 Å². The van der Waals surface area contributed by atoms with Crippen LogP contribution < -0.4 is 11.1 Å². The van der Waals surface area contributed by atoms with Crippen molar-refractivity contribution in [2.45, 2.75) is 51.1 Å². The molecule has 5 heteroatoms. The highest BCUT2D eigenvalue weighted by atomic mass is 16.3. The summed E-state index contributed by atoms with van der Waals surface area (Å²) in [5, 5.41) is 2.99. The van der Waals surface area contributed by atoms with Crippen LogP contribution in [-0.4, -0.2) is 36.5 Å². The van der Waals surface area contributed by atoms with Gasteiger partial charge >= 0.3 is 0 Å². The van der Waals surface area contributed by atoms with Crippen molar-refractivity contribution in [3.05, 3.63) is 24.2 Å². The molecule has 5 nitrogen and oxygen atoms in total. The van der Waals surface area contributed by atoms with E-state index in [4.69, 9.17) is 10.2 Å². The van der Waals surface area contributed by atoms with Crippen molar-refractivity contribution in [3.8, 4) is 0 Å². The molecule has 1 aliphatic rings. The van der Waals surface area contributed by atoms with E-state index in [0.29, 0.717) is 6.54 Å². The van der Waals surface area contributed by atoms with Gasteiger partial charge in [-0.25, -0.2) is 0 Å². The van der Waals surface area contributed by atoms with Gasteiger partial charge in [0.2, 0.25) is 5.91 Å². The van der Waals surface area contributed by atoms with E-state index in [9.17, 15) is 4.79 Å². The molecule has 1 aliphatic heterocycles. The second-order valence-corrected chi connectivity index (χ2v) is 5.77. The first-order chi connectivity index (χ1) is 10.2. The van der Waals surface area contributed by atoms with E-state index in [1.807, 2.05) is 19.1 Å². The Bertz CT molecular complexity index is 413. The van der Waals surface area contributed by atoms with Crippen molar-refractivity contribution in [2.75, 3.05) is 19.6 Å². The number of hydrogen-bond donors (Lipinski definition) is 2. The third kappa shape index (κ3) is 4.58. The monoisotopic (exact) mass is 293 g/mol. The fraction of sp³-hybridized carbons (Fsp3) is 0.688. The number of nitrogens with two attached hydrogens (primary N) is 1. The zero-order chi connectivity index (χ0) is 15.1. The molecule has 3 N–H and O–H groups in total. The van der Waals surface area contributed by atoms with Crippen molar-refractivity contribution >= 4 is 5.91 Å². The zero-order valence-electron chi connectivity index (χ0n) is 12.9. The second-order valence-electron chi connectivity index (χ2n) is 5.77. The molecule has 1 saturated heterocycles. The van der Waals surface area contributed by atoms with Gasteiger partial charge in [0.1, 0.15) is 5.76 Å². The molecule has 0 saturated carbocycles. The van der Waals surface area contributed by atoms with E-state index in [2.05, 4.69) is 10.2 Å². The SMILES string of the molecule is CCCC(N)C(=O)NCC(c1ccco1)N1CCCCC1. The number of amides is 1. The number of carbonyl (C=O) groups excluding carboxylic acids is 1. The molecule has 1 aromatic heterocycles. The van der Waals surface area contributed by atoms with Crippen molar-refractivity contribution in [1.29, 1.82) is 0 Å². The lowest BCUT2D eigenvalue weighted by Gasteiger charge is -2.33. The van der Waals surface area contributed by atoms with Crippen molar-refractivity contribution in [2.24, 2.45) is 5.73 Å². The lowest BCUT2D eigenvalue weighted by atomic mass is 10.1. The van der Waals surface area contributed by atoms with Crippen LogP contribution in [0.25, 0.3) is 0 Å². The number of furan rings is 1. The molecular weight excluding hydrogens is 266 g/mol. The Labute approximate surface area is 126 Å². The van der Waals surface area contributed by atoms with Crippen LogP contribution in [0.4, 0.5) is 0 Å². The smallest absolute Gasteiger partial charge is 0.236 e. The van der Waals surface area contributed by atoms with E-state index in [-0.39, 0.29) is 11.9 Å². The van der Waals surface area contributed by atoms with Crippen molar-refractivity contribution in [3.63, 3.8) is 0 Å². The van der Waals surface area contributed by atoms with Crippen LogP contribution in [0.15, 0.2) is 22.8 Å². The average Bonchev–Trinajstić information content (AvgIpc) is 3.03. The molecular formula is C16H27N3O2. The van der Waals surface area contributed by atoms with E-state index in [1.54, 1.807) is 6.26 Å². The highest BCUT2D eigenvalue weighted by Crippen LogP contribution is 2.24. The predicted octanol–water partition coefficient (Wildman–Crippen LogP) is 2.05. The molecule has 2 rings (SSSR count). The van der Waals surface area contributed by atoms with Gasteiger partial charge in [-0.05, 0) is 44.5 Å². The van der Waals surface area contributed by atoms with Gasteiger partial charge in [0.25, 0.3) is 0 Å². The van der Waals surface area contributed by atoms with Crippen LogP contribution in [0.3, 0.4) is 0 Å². The summed E-state index contributed by atoms with van der Waals surface area (Å²) in [6, 6.07) is 3.58. The molecule has 0 aliphatic carbocycles. The van der Waals surface area contributed by atoms with Crippen LogP contribution in [-0.2, 0) is 4.79 Å². The fourth-order valence-corrected chi connectivity index (χ4v) is 2.89. The summed E-state index contributed by atoms with van der Waals surface area (Å²) in [6.07, 6.45) is 7.04. The summed E-state index contributed by atoms with van der Waals surface area (Å²) in [5.41, 5.74) is 5.86. The predicted molar refractivity (Wildman–Crippen MR) is 82.8 cm³/mol. The molecule has 21 heavy (non-hydrogen) atoms. The Morgan fingerprint density at radius 3 is 2.81 bits per heavy atom. The lowest BCUT2D eigenvalue weighted by Crippen LogP contribution is -2.45. The Hall–Kier alpha value is -1.33. The molecule has 1 amide bonds. The Balaban J connectivity index is 1.94. The topological polar surface area (TPSA) is 71.5 Å². The third-order valence-electron chi connectivity index (χ3n) is 4.11. The zero-order valence-corrected chi connectivity index (χ0v) is 12.9. The highest BCUT2D eigenvalue weighted by Gasteiger charge is 2.25. The van der Waals surface area contributed by atoms with E-state index >= 15 is 0 Å². The number of nitrogens with one attached hydrogen (secondary N) is 1. The standard InChI is InChI=1S/C16H27N3O2/c1-2-7-13(17)16(20)18-12-14(15-8-6-11-21-15)19-9-4-3-5-10-19/h6,8,11,13-14H,2-5,7,9-10,12,17H2,1H3,(H,18,20). The Kier molecular flexibility index (Phi) is 6.26. The first-order valence-corrected chi connectivity index (χ1v) is 8.03. The minimum Gasteiger partial charge on any atom is -0.468 e. The summed E-state index contributed by atoms with van der Waals surface area (Å²) in [5.74, 6) is 0.853. The van der Waals surface area contributed by atoms with E-state index < -0.39 is 6.04 Å². The maximum absolute atomic E-state index is 12.0. The summed E-state index contributed by atoms with van der Waals surface area (Å²) in [6.45, 7) is 4.71. The maximum atomic E-state index is 12.0. The minimum absolute atomic E-state index is 0.0644. The van der Waals surface area contributed by atoms with Gasteiger partial charge in [-0.3, -0.25) is 9.69 Å². The minimum atomic E-state index is -0.409. The molecule has 1 aromatic rings. The van der Waals surface area contributed by atoms with E-state index in [1.165, 1.54) is 19.3 Å². The van der Waals surface area contributed by atoms with Gasteiger partial charge in [0, 0.05) is 6.54 Å². The van der Waals surface area contributed by atoms with Gasteiger partial charge in [0.05, 0.1) is 18.3 Å². The number of piperidine rings is 1. The van der Waals surface area contributed by atoms with Gasteiger partial charge in [-0.1, -0.05) is 19.8 Å². The molecule has 2 atom stereocenters. The van der Waals surface area contributed by atoms with E-state index in [0.717, 1.165) is 31.7 Å². The number of nitrogens with zero attached hydrogens (tertiary/aromatic N) is 1. The van der Waals surface area contributed by atoms with Crippen LogP contribution in [0.1, 0.15) is 50.8 Å². The summed E-state index contributed by atoms with van der Waals surface area (Å²) >= 11 is 0. The molecule has 0 radical (unpaired) electrons. The third-order valence-corrected chi connectivity index (χ3v) is 4.11. The Morgan fingerprint density at radius 1 is 1.43 bits per heavy atom. The quantitative estimate of drug-likeness (QED) is 0.807. The first kappa shape index (κ1) is 16.0. The van der Waals surface area contributed by atoms with Gasteiger partial charge in [-0.2, -0.15) is 0 Å². The first-order valence-electron chi connectivity index (χ1n) is 8.03. The number of hydrogen-bond acceptors (Lipinski definition) is 4. The van der Waals surface area contributed by atoms with Crippen molar-refractivity contribution in [1.82, 2.24) is 10.2 Å². The molecule has 0 spiro atoms. The molecule has 0 bridgehead atoms. The maximum Gasteiger partial charge on any atom is 0.236 e. The lowest BCUT2D eigenvalue weighted by molar-refractivity contribution is -0.122. The summed E-state index contributed by atoms with van der Waals surface area (Å²) < 4.78 is 5.56. The second kappa shape index (κ2) is 8.20. The van der Waals surface area contributed by atoms with Crippen LogP contribution >= 0.6 is 0 Å². The average molecular weight is 293 g/mol. The molecule has 0 aromatic carbocycles. The normalized spacial score (nSPS) is 19.1. The Morgan fingerprint density at radius 2 is 2.19 bits per heavy atom. The fourth-order valence-electron chi connectivity index (χ4n) is 2.89. The van der Waals surface area contributed by atoms with Crippen LogP contribution in [0.5, 0.6) is 0 Å². The highest BCUT2D eigenvalue weighted by molar-refractivity contribution is 5.81. The van der Waals surface area contributed by atoms with Gasteiger partial charge < -0.3 is 15.5 Å². The largest absolute Gasteiger partial charge is 0.468 e. The van der Waals surface area contributed by atoms with Crippen molar-refractivity contribution < 1.29 is 9.21 Å². The number of rotatable bonds is 7. The number of likely N-dealkylation sites (tertiary alicyclic amines) is 1. The molecule has 118 valence electrons. The van der Waals surface area contributed by atoms with Crippen LogP contribution in [0.2, 0.25) is 0 Å². The molecule has 2 heterocycles.